The zero-order valence-electron chi connectivity index (χ0n) is 13.7. The van der Waals surface area contributed by atoms with E-state index in [-0.39, 0.29) is 24.1 Å². The number of amides is 2. The van der Waals surface area contributed by atoms with E-state index in [1.54, 1.807) is 24.3 Å². The van der Waals surface area contributed by atoms with E-state index in [4.69, 9.17) is 20.9 Å². The number of fused-ring (bicyclic) bond motifs is 2. The number of nitrogens with zero attached hydrogens (tertiary/aromatic N) is 2. The lowest BCUT2D eigenvalue weighted by atomic mass is 10.1. The Morgan fingerprint density at radius 2 is 1.70 bits per heavy atom. The number of hydrogen-bond acceptors (Lipinski definition) is 6. The van der Waals surface area contributed by atoms with E-state index >= 15 is 0 Å². The number of carbonyl (C=O) groups is 3. The second kappa shape index (κ2) is 6.40. The number of hydroxylamine groups is 2. The third-order valence-corrected chi connectivity index (χ3v) is 4.35. The zero-order chi connectivity index (χ0) is 19.1. The van der Waals surface area contributed by atoms with Crippen LogP contribution in [0.25, 0.3) is 11.1 Å². The lowest BCUT2D eigenvalue weighted by molar-refractivity contribution is -0.168. The molecule has 8 nitrogen and oxygen atoms in total. The van der Waals surface area contributed by atoms with Gasteiger partial charge in [0, 0.05) is 17.6 Å². The van der Waals surface area contributed by atoms with Gasteiger partial charge in [0.2, 0.25) is 0 Å². The van der Waals surface area contributed by atoms with Crippen LogP contribution in [-0.4, -0.2) is 27.4 Å². The van der Waals surface area contributed by atoms with Gasteiger partial charge >= 0.3 is 11.7 Å². The number of oxazole rings is 1. The molecule has 2 heterocycles. The molecule has 0 N–H and O–H groups in total. The molecule has 4 rings (SSSR count). The van der Waals surface area contributed by atoms with E-state index in [0.29, 0.717) is 21.2 Å². The van der Waals surface area contributed by atoms with Gasteiger partial charge in [-0.05, 0) is 24.3 Å². The van der Waals surface area contributed by atoms with Gasteiger partial charge in [0.1, 0.15) is 0 Å². The monoisotopic (exact) mass is 386 g/mol. The van der Waals surface area contributed by atoms with Gasteiger partial charge in [0.25, 0.3) is 11.8 Å². The van der Waals surface area contributed by atoms with Crippen LogP contribution in [0.15, 0.2) is 51.7 Å². The number of imide groups is 1. The third kappa shape index (κ3) is 2.89. The molecule has 0 saturated heterocycles. The first kappa shape index (κ1) is 17.0. The highest BCUT2D eigenvalue weighted by Crippen LogP contribution is 2.23. The molecule has 0 atom stereocenters. The number of rotatable bonds is 4. The minimum absolute atomic E-state index is 0.0462. The Hall–Kier alpha value is -3.39. The van der Waals surface area contributed by atoms with Crippen molar-refractivity contribution < 1.29 is 23.6 Å². The summed E-state index contributed by atoms with van der Waals surface area (Å²) in [5.41, 5.74) is 1.10. The molecule has 0 unspecified atom stereocenters. The molecule has 3 aromatic rings. The maximum Gasteiger partial charge on any atom is 0.419 e. The molecular weight excluding hydrogens is 376 g/mol. The number of aromatic nitrogens is 1. The molecule has 0 aliphatic carbocycles. The van der Waals surface area contributed by atoms with Crippen LogP contribution in [0.4, 0.5) is 0 Å². The van der Waals surface area contributed by atoms with Crippen molar-refractivity contribution in [2.75, 3.05) is 0 Å². The normalized spacial score (nSPS) is 13.3. The summed E-state index contributed by atoms with van der Waals surface area (Å²) in [7, 11) is 0. The van der Waals surface area contributed by atoms with Crippen molar-refractivity contribution >= 4 is 40.5 Å². The number of carbonyl (C=O) groups excluding carboxylic acids is 3. The Labute approximate surface area is 156 Å². The SMILES string of the molecule is O=C(CCn1c(=O)oc2cc(Cl)ccc21)ON1C(=O)c2ccccc2C1=O. The van der Waals surface area contributed by atoms with Gasteiger partial charge in [-0.15, -0.1) is 0 Å². The summed E-state index contributed by atoms with van der Waals surface area (Å²) in [5, 5.41) is 0.844. The molecule has 136 valence electrons. The van der Waals surface area contributed by atoms with Crippen LogP contribution in [0.3, 0.4) is 0 Å². The highest BCUT2D eigenvalue weighted by molar-refractivity contribution is 6.31. The summed E-state index contributed by atoms with van der Waals surface area (Å²) in [6.07, 6.45) is -0.245. The van der Waals surface area contributed by atoms with Gasteiger partial charge in [0.05, 0.1) is 23.1 Å². The smallest absolute Gasteiger partial charge is 0.408 e. The predicted octanol–water partition coefficient (Wildman–Crippen LogP) is 2.39. The molecule has 1 aliphatic rings. The van der Waals surface area contributed by atoms with Gasteiger partial charge in [-0.3, -0.25) is 14.2 Å². The van der Waals surface area contributed by atoms with Crippen molar-refractivity contribution in [2.45, 2.75) is 13.0 Å². The van der Waals surface area contributed by atoms with Gasteiger partial charge in [0.15, 0.2) is 5.58 Å². The standard InChI is InChI=1S/C18H11ClN2O6/c19-10-5-6-13-14(9-10)26-18(25)20(13)8-7-15(22)27-21-16(23)11-3-1-2-4-12(11)17(21)24/h1-6,9H,7-8H2. The first-order valence-electron chi connectivity index (χ1n) is 7.93. The first-order chi connectivity index (χ1) is 13.0. The van der Waals surface area contributed by atoms with E-state index < -0.39 is 23.5 Å². The molecular formula is C18H11ClN2O6. The lowest BCUT2D eigenvalue weighted by Gasteiger charge is -2.12. The van der Waals surface area contributed by atoms with Gasteiger partial charge < -0.3 is 9.25 Å². The Balaban J connectivity index is 1.47. The molecule has 2 amide bonds. The molecule has 0 saturated carbocycles. The van der Waals surface area contributed by atoms with Crippen molar-refractivity contribution in [2.24, 2.45) is 0 Å². The van der Waals surface area contributed by atoms with Crippen LogP contribution in [0.5, 0.6) is 0 Å². The summed E-state index contributed by atoms with van der Waals surface area (Å²) in [6.45, 7) is -0.0462. The van der Waals surface area contributed by atoms with Crippen LogP contribution >= 0.6 is 11.6 Å². The fourth-order valence-electron chi connectivity index (χ4n) is 2.85. The quantitative estimate of drug-likeness (QED) is 0.638. The summed E-state index contributed by atoms with van der Waals surface area (Å²) in [6, 6.07) is 10.9. The molecule has 2 aromatic carbocycles. The second-order valence-electron chi connectivity index (χ2n) is 5.80. The number of hydrogen-bond donors (Lipinski definition) is 0. The molecule has 1 aromatic heterocycles. The fraction of sp³-hybridized carbons (Fsp3) is 0.111. The van der Waals surface area contributed by atoms with E-state index in [0.717, 1.165) is 0 Å². The van der Waals surface area contributed by atoms with Crippen LogP contribution in [-0.2, 0) is 16.2 Å². The van der Waals surface area contributed by atoms with E-state index in [2.05, 4.69) is 0 Å². The topological polar surface area (TPSA) is 98.8 Å². The lowest BCUT2D eigenvalue weighted by Crippen LogP contribution is -2.33. The van der Waals surface area contributed by atoms with Gasteiger partial charge in [-0.1, -0.05) is 28.8 Å². The summed E-state index contributed by atoms with van der Waals surface area (Å²) in [4.78, 5) is 53.3. The Kier molecular flexibility index (Phi) is 4.04. The molecule has 9 heteroatoms. The minimum Gasteiger partial charge on any atom is -0.408 e. The van der Waals surface area contributed by atoms with E-state index in [9.17, 15) is 19.2 Å². The average molecular weight is 387 g/mol. The zero-order valence-corrected chi connectivity index (χ0v) is 14.4. The predicted molar refractivity (Wildman–Crippen MR) is 93.1 cm³/mol. The molecule has 0 spiro atoms. The molecule has 0 bridgehead atoms. The molecule has 0 radical (unpaired) electrons. The first-order valence-corrected chi connectivity index (χ1v) is 8.31. The maximum atomic E-state index is 12.2. The van der Waals surface area contributed by atoms with Crippen molar-refractivity contribution in [1.29, 1.82) is 0 Å². The number of halogens is 1. The molecule has 27 heavy (non-hydrogen) atoms. The summed E-state index contributed by atoms with van der Waals surface area (Å²) < 4.78 is 6.32. The Morgan fingerprint density at radius 3 is 2.37 bits per heavy atom. The van der Waals surface area contributed by atoms with E-state index in [1.165, 1.54) is 22.8 Å². The highest BCUT2D eigenvalue weighted by atomic mass is 35.5. The Bertz CT molecular complexity index is 1130. The number of benzene rings is 2. The highest BCUT2D eigenvalue weighted by Gasteiger charge is 2.38. The average Bonchev–Trinajstić information content (AvgIpc) is 3.08. The van der Waals surface area contributed by atoms with Crippen LogP contribution < -0.4 is 5.76 Å². The van der Waals surface area contributed by atoms with E-state index in [1.807, 2.05) is 0 Å². The van der Waals surface area contributed by atoms with Gasteiger partial charge in [-0.2, -0.15) is 0 Å². The van der Waals surface area contributed by atoms with Crippen LogP contribution in [0.2, 0.25) is 5.02 Å². The fourth-order valence-corrected chi connectivity index (χ4v) is 3.01. The third-order valence-electron chi connectivity index (χ3n) is 4.12. The van der Waals surface area contributed by atoms with Crippen LogP contribution in [0.1, 0.15) is 27.1 Å². The summed E-state index contributed by atoms with van der Waals surface area (Å²) >= 11 is 5.85. The van der Waals surface area contributed by atoms with Gasteiger partial charge in [-0.25, -0.2) is 9.59 Å². The largest absolute Gasteiger partial charge is 0.419 e. The minimum atomic E-state index is -0.834. The van der Waals surface area contributed by atoms with Crippen molar-refractivity contribution in [3.63, 3.8) is 0 Å². The molecule has 1 aliphatic heterocycles. The van der Waals surface area contributed by atoms with Crippen LogP contribution in [0, 0.1) is 0 Å². The summed E-state index contributed by atoms with van der Waals surface area (Å²) in [5.74, 6) is -2.89. The van der Waals surface area contributed by atoms with Crippen molar-refractivity contribution in [3.8, 4) is 0 Å². The molecule has 0 fully saturated rings. The Morgan fingerprint density at radius 1 is 1.04 bits per heavy atom. The van der Waals surface area contributed by atoms with Crippen molar-refractivity contribution in [3.05, 3.63) is 69.2 Å². The second-order valence-corrected chi connectivity index (χ2v) is 6.23. The number of aryl methyl sites for hydroxylation is 1. The van der Waals surface area contributed by atoms with Crippen molar-refractivity contribution in [1.82, 2.24) is 9.63 Å². The maximum absolute atomic E-state index is 12.2.